The van der Waals surface area contributed by atoms with Crippen LogP contribution in [0.1, 0.15) is 49.6 Å². The van der Waals surface area contributed by atoms with E-state index in [1.807, 2.05) is 49.4 Å². The zero-order chi connectivity index (χ0) is 26.3. The van der Waals surface area contributed by atoms with Gasteiger partial charge in [-0.05, 0) is 74.0 Å². The number of hydrogen-bond acceptors (Lipinski definition) is 5. The third-order valence-electron chi connectivity index (χ3n) is 6.15. The van der Waals surface area contributed by atoms with Crippen LogP contribution in [0.5, 0.6) is 0 Å². The predicted molar refractivity (Wildman–Crippen MR) is 153 cm³/mol. The Morgan fingerprint density at radius 3 is 2.46 bits per heavy atom. The zero-order valence-electron chi connectivity index (χ0n) is 20.3. The van der Waals surface area contributed by atoms with Gasteiger partial charge in [0.15, 0.2) is 9.47 Å². The molecule has 0 fully saturated rings. The molecule has 0 saturated carbocycles. The summed E-state index contributed by atoms with van der Waals surface area (Å²) in [5.74, 6) is 0.597. The minimum absolute atomic E-state index is 0.233. The maximum atomic E-state index is 13.8. The number of halogens is 2. The van der Waals surface area contributed by atoms with Crippen LogP contribution in [0.4, 0.5) is 5.69 Å². The van der Waals surface area contributed by atoms with E-state index in [4.69, 9.17) is 4.42 Å². The minimum atomic E-state index is -0.626. The Bertz CT molecular complexity index is 1680. The summed E-state index contributed by atoms with van der Waals surface area (Å²) < 4.78 is 9.05. The second-order valence-corrected chi connectivity index (χ2v) is 11.6. The Labute approximate surface area is 234 Å². The standard InChI is InChI=1S/C28H23Br2N3O3S/c1-15(2)17-9-11-18(12-10-17)24-23(26(34)32-19-7-5-4-6-8-19)16(3)31-28-33(24)27(35)22(37-28)14-20-13-21(29)25(30)36-20/h4-15,24H,1-3H3,(H,32,34)/b22-14+/t24-/m1/s1. The Morgan fingerprint density at radius 1 is 1.14 bits per heavy atom. The Kier molecular flexibility index (Phi) is 7.20. The number of para-hydroxylation sites is 1. The number of benzene rings is 2. The molecular formula is C28H23Br2N3O3S. The number of nitrogens with zero attached hydrogens (tertiary/aromatic N) is 2. The molecule has 1 amide bonds. The molecule has 37 heavy (non-hydrogen) atoms. The van der Waals surface area contributed by atoms with Crippen LogP contribution in [0, 0.1) is 0 Å². The highest BCUT2D eigenvalue weighted by Crippen LogP contribution is 2.32. The lowest BCUT2D eigenvalue weighted by molar-refractivity contribution is -0.113. The number of furan rings is 1. The smallest absolute Gasteiger partial charge is 0.271 e. The molecule has 0 unspecified atom stereocenters. The van der Waals surface area contributed by atoms with Gasteiger partial charge in [0.05, 0.1) is 26.3 Å². The van der Waals surface area contributed by atoms with Crippen molar-refractivity contribution in [1.29, 1.82) is 0 Å². The van der Waals surface area contributed by atoms with Gasteiger partial charge in [0, 0.05) is 11.8 Å². The van der Waals surface area contributed by atoms with Crippen molar-refractivity contribution in [2.24, 2.45) is 4.99 Å². The monoisotopic (exact) mass is 639 g/mol. The highest BCUT2D eigenvalue weighted by molar-refractivity contribution is 9.13. The van der Waals surface area contributed by atoms with Crippen LogP contribution >= 0.6 is 43.2 Å². The van der Waals surface area contributed by atoms with Crippen LogP contribution in [0.15, 0.2) is 95.3 Å². The van der Waals surface area contributed by atoms with Crippen LogP contribution in [-0.4, -0.2) is 10.5 Å². The highest BCUT2D eigenvalue weighted by Gasteiger charge is 2.32. The van der Waals surface area contributed by atoms with Crippen molar-refractivity contribution in [3.8, 4) is 0 Å². The molecule has 0 bridgehead atoms. The largest absolute Gasteiger partial charge is 0.449 e. The number of hydrogen-bond donors (Lipinski definition) is 1. The lowest BCUT2D eigenvalue weighted by atomic mass is 9.93. The van der Waals surface area contributed by atoms with Crippen LogP contribution in [-0.2, 0) is 4.79 Å². The van der Waals surface area contributed by atoms with Gasteiger partial charge in [-0.2, -0.15) is 0 Å². The fraction of sp³-hybridized carbons (Fsp3) is 0.179. The molecule has 0 radical (unpaired) electrons. The number of aromatic nitrogens is 1. The third kappa shape index (κ3) is 5.08. The number of thiazole rings is 1. The number of fused-ring (bicyclic) bond motifs is 1. The van der Waals surface area contributed by atoms with Gasteiger partial charge >= 0.3 is 0 Å². The van der Waals surface area contributed by atoms with Crippen LogP contribution < -0.4 is 20.2 Å². The molecular weight excluding hydrogens is 618 g/mol. The van der Waals surface area contributed by atoms with E-state index in [0.717, 1.165) is 10.0 Å². The first-order valence-electron chi connectivity index (χ1n) is 11.7. The van der Waals surface area contributed by atoms with Crippen molar-refractivity contribution in [2.45, 2.75) is 32.7 Å². The normalized spacial score (nSPS) is 15.6. The van der Waals surface area contributed by atoms with Gasteiger partial charge in [0.2, 0.25) is 0 Å². The molecule has 2 aromatic heterocycles. The summed E-state index contributed by atoms with van der Waals surface area (Å²) in [4.78, 5) is 32.6. The minimum Gasteiger partial charge on any atom is -0.449 e. The molecule has 0 aliphatic carbocycles. The molecule has 9 heteroatoms. The van der Waals surface area contributed by atoms with Gasteiger partial charge in [-0.3, -0.25) is 14.2 Å². The van der Waals surface area contributed by atoms with Gasteiger partial charge in [-0.1, -0.05) is 67.6 Å². The summed E-state index contributed by atoms with van der Waals surface area (Å²) in [6.07, 6.45) is 1.70. The Hall–Kier alpha value is -3.01. The highest BCUT2D eigenvalue weighted by atomic mass is 79.9. The second kappa shape index (κ2) is 10.4. The van der Waals surface area contributed by atoms with Crippen molar-refractivity contribution in [3.05, 3.63) is 118 Å². The van der Waals surface area contributed by atoms with E-state index in [1.54, 1.807) is 16.7 Å². The van der Waals surface area contributed by atoms with Crippen molar-refractivity contribution < 1.29 is 9.21 Å². The molecule has 5 rings (SSSR count). The van der Waals surface area contributed by atoms with Crippen LogP contribution in [0.3, 0.4) is 0 Å². The summed E-state index contributed by atoms with van der Waals surface area (Å²) in [5, 5.41) is 2.98. The zero-order valence-corrected chi connectivity index (χ0v) is 24.3. The van der Waals surface area contributed by atoms with Gasteiger partial charge in [0.25, 0.3) is 11.5 Å². The first-order valence-corrected chi connectivity index (χ1v) is 14.1. The van der Waals surface area contributed by atoms with E-state index in [2.05, 4.69) is 68.1 Å². The van der Waals surface area contributed by atoms with Crippen molar-refractivity contribution in [3.63, 3.8) is 0 Å². The molecule has 0 spiro atoms. The average molecular weight is 641 g/mol. The molecule has 3 heterocycles. The molecule has 1 aliphatic heterocycles. The fourth-order valence-electron chi connectivity index (χ4n) is 4.27. The molecule has 4 aromatic rings. The predicted octanol–water partition coefficient (Wildman–Crippen LogP) is 6.12. The topological polar surface area (TPSA) is 76.6 Å². The van der Waals surface area contributed by atoms with Crippen molar-refractivity contribution >= 4 is 60.9 Å². The molecule has 1 aliphatic rings. The average Bonchev–Trinajstić information content (AvgIpc) is 3.35. The summed E-state index contributed by atoms with van der Waals surface area (Å²) in [6.45, 7) is 6.08. The van der Waals surface area contributed by atoms with Crippen LogP contribution in [0.2, 0.25) is 0 Å². The third-order valence-corrected chi connectivity index (χ3v) is 8.85. The number of allylic oxidation sites excluding steroid dienone is 1. The lowest BCUT2D eigenvalue weighted by Gasteiger charge is -2.25. The molecule has 188 valence electrons. The van der Waals surface area contributed by atoms with Crippen molar-refractivity contribution in [1.82, 2.24) is 4.57 Å². The van der Waals surface area contributed by atoms with Gasteiger partial charge in [0.1, 0.15) is 5.76 Å². The van der Waals surface area contributed by atoms with Crippen molar-refractivity contribution in [2.75, 3.05) is 5.32 Å². The van der Waals surface area contributed by atoms with E-state index >= 15 is 0 Å². The molecule has 2 aromatic carbocycles. The summed E-state index contributed by atoms with van der Waals surface area (Å²) in [6, 6.07) is 18.5. The second-order valence-electron chi connectivity index (χ2n) is 8.99. The molecule has 6 nitrogen and oxygen atoms in total. The van der Waals surface area contributed by atoms with E-state index in [-0.39, 0.29) is 11.5 Å². The van der Waals surface area contributed by atoms with E-state index in [0.29, 0.717) is 42.6 Å². The van der Waals surface area contributed by atoms with E-state index in [9.17, 15) is 9.59 Å². The van der Waals surface area contributed by atoms with Crippen LogP contribution in [0.25, 0.3) is 6.08 Å². The molecule has 1 N–H and O–H groups in total. The Balaban J connectivity index is 1.67. The first-order chi connectivity index (χ1) is 17.7. The number of anilines is 1. The number of amides is 1. The first kappa shape index (κ1) is 25.6. The summed E-state index contributed by atoms with van der Waals surface area (Å²) in [5.41, 5.74) is 3.47. The maximum Gasteiger partial charge on any atom is 0.271 e. The van der Waals surface area contributed by atoms with E-state index < -0.39 is 6.04 Å². The van der Waals surface area contributed by atoms with Gasteiger partial charge in [-0.15, -0.1) is 0 Å². The van der Waals surface area contributed by atoms with Gasteiger partial charge in [-0.25, -0.2) is 4.99 Å². The SMILES string of the molecule is CC1=C(C(=O)Nc2ccccc2)[C@@H](c2ccc(C(C)C)cc2)n2c(s/c(=C/c3cc(Br)c(Br)o3)c2=O)=N1. The Morgan fingerprint density at radius 2 is 1.84 bits per heavy atom. The summed E-state index contributed by atoms with van der Waals surface area (Å²) in [7, 11) is 0. The lowest BCUT2D eigenvalue weighted by Crippen LogP contribution is -2.40. The quantitative estimate of drug-likeness (QED) is 0.286. The molecule has 0 saturated heterocycles. The van der Waals surface area contributed by atoms with Gasteiger partial charge < -0.3 is 9.73 Å². The van der Waals surface area contributed by atoms with E-state index in [1.165, 1.54) is 16.9 Å². The fourth-order valence-corrected chi connectivity index (χ4v) is 5.91. The number of carbonyl (C=O) groups excluding carboxylic acids is 1. The summed E-state index contributed by atoms with van der Waals surface area (Å²) >= 11 is 8.02. The number of rotatable bonds is 5. The molecule has 1 atom stereocenters. The maximum absolute atomic E-state index is 13.8. The number of carbonyl (C=O) groups is 1. The number of nitrogens with one attached hydrogen (secondary N) is 1.